The van der Waals surface area contributed by atoms with Crippen molar-refractivity contribution in [3.8, 4) is 0 Å². The number of nitrogens with two attached hydrogens (primary N) is 1. The molecule has 1 heterocycles. The Morgan fingerprint density at radius 3 is 2.87 bits per heavy atom. The normalized spacial score (nSPS) is 12.5. The molecule has 0 aliphatic carbocycles. The molecule has 2 N–H and O–H groups in total. The van der Waals surface area contributed by atoms with E-state index in [1.165, 1.54) is 10.9 Å². The van der Waals surface area contributed by atoms with Gasteiger partial charge in [-0.1, -0.05) is 13.3 Å². The number of ether oxygens (including phenoxy) is 1. The van der Waals surface area contributed by atoms with Crippen LogP contribution in [0.5, 0.6) is 0 Å². The van der Waals surface area contributed by atoms with E-state index in [1.54, 1.807) is 7.05 Å². The van der Waals surface area contributed by atoms with Crippen LogP contribution in [0.2, 0.25) is 0 Å². The fourth-order valence-electron chi connectivity index (χ4n) is 1.41. The highest BCUT2D eigenvalue weighted by atomic mass is 16.5. The number of carbonyl (C=O) groups excluding carboxylic acids is 1. The van der Waals surface area contributed by atoms with Gasteiger partial charge in [0.05, 0.1) is 18.0 Å². The van der Waals surface area contributed by atoms with E-state index < -0.39 is 5.97 Å². The molecule has 0 aliphatic rings. The summed E-state index contributed by atoms with van der Waals surface area (Å²) in [7, 11) is 1.66. The van der Waals surface area contributed by atoms with Gasteiger partial charge in [-0.15, -0.1) is 0 Å². The third-order valence-electron chi connectivity index (χ3n) is 2.16. The van der Waals surface area contributed by atoms with Crippen LogP contribution in [0.1, 0.15) is 37.2 Å². The van der Waals surface area contributed by atoms with Crippen LogP contribution in [0.4, 0.5) is 5.69 Å². The highest BCUT2D eigenvalue weighted by molar-refractivity contribution is 5.93. The molecule has 1 unspecified atom stereocenters. The van der Waals surface area contributed by atoms with Gasteiger partial charge in [0.25, 0.3) is 0 Å². The summed E-state index contributed by atoms with van der Waals surface area (Å²) < 4.78 is 6.64. The molecule has 0 aliphatic heterocycles. The molecule has 0 saturated carbocycles. The smallest absolute Gasteiger partial charge is 0.359 e. The van der Waals surface area contributed by atoms with Gasteiger partial charge in [0.2, 0.25) is 0 Å². The third kappa shape index (κ3) is 2.71. The number of esters is 1. The maximum absolute atomic E-state index is 11.7. The zero-order valence-electron chi connectivity index (χ0n) is 9.36. The SMILES string of the molecule is CCCC(C)OC(=O)c1c(N)cnn1C. The van der Waals surface area contributed by atoms with Gasteiger partial charge in [-0.05, 0) is 13.3 Å². The van der Waals surface area contributed by atoms with Gasteiger partial charge in [-0.25, -0.2) is 4.79 Å². The number of nitrogen functional groups attached to an aromatic ring is 1. The number of hydrogen-bond donors (Lipinski definition) is 1. The Morgan fingerprint density at radius 2 is 2.40 bits per heavy atom. The van der Waals surface area contributed by atoms with E-state index >= 15 is 0 Å². The minimum atomic E-state index is -0.409. The second-order valence-corrected chi connectivity index (χ2v) is 3.58. The maximum atomic E-state index is 11.7. The standard InChI is InChI=1S/C10H17N3O2/c1-4-5-7(2)15-10(14)9-8(11)6-12-13(9)3/h6-7H,4-5,11H2,1-3H3. The molecule has 1 rings (SSSR count). The number of nitrogens with zero attached hydrogens (tertiary/aromatic N) is 2. The molecule has 5 heteroatoms. The summed E-state index contributed by atoms with van der Waals surface area (Å²) in [5.41, 5.74) is 6.28. The number of hydrogen-bond acceptors (Lipinski definition) is 4. The highest BCUT2D eigenvalue weighted by Gasteiger charge is 2.18. The van der Waals surface area contributed by atoms with Crippen LogP contribution in [-0.2, 0) is 11.8 Å². The lowest BCUT2D eigenvalue weighted by Crippen LogP contribution is -2.18. The molecule has 0 amide bonds. The predicted octanol–water partition coefficient (Wildman–Crippen LogP) is 1.35. The number of aromatic nitrogens is 2. The summed E-state index contributed by atoms with van der Waals surface area (Å²) in [5, 5.41) is 3.88. The van der Waals surface area contributed by atoms with Gasteiger partial charge in [-0.3, -0.25) is 4.68 Å². The first-order chi connectivity index (χ1) is 7.06. The summed E-state index contributed by atoms with van der Waals surface area (Å²) >= 11 is 0. The summed E-state index contributed by atoms with van der Waals surface area (Å²) in [6.07, 6.45) is 3.19. The molecule has 15 heavy (non-hydrogen) atoms. The van der Waals surface area contributed by atoms with Crippen molar-refractivity contribution >= 4 is 11.7 Å². The molecule has 1 atom stereocenters. The first kappa shape index (κ1) is 11.6. The monoisotopic (exact) mass is 211 g/mol. The second kappa shape index (κ2) is 4.82. The first-order valence-electron chi connectivity index (χ1n) is 5.04. The summed E-state index contributed by atoms with van der Waals surface area (Å²) in [5.74, 6) is -0.409. The highest BCUT2D eigenvalue weighted by Crippen LogP contribution is 2.13. The number of carbonyl (C=O) groups is 1. The number of rotatable bonds is 4. The molecule has 0 aromatic carbocycles. The molecular formula is C10H17N3O2. The van der Waals surface area contributed by atoms with Crippen molar-refractivity contribution < 1.29 is 9.53 Å². The van der Waals surface area contributed by atoms with Crippen LogP contribution in [0.25, 0.3) is 0 Å². The molecule has 0 fully saturated rings. The average Bonchev–Trinajstić information content (AvgIpc) is 2.46. The predicted molar refractivity (Wildman–Crippen MR) is 57.4 cm³/mol. The number of anilines is 1. The Bertz CT molecular complexity index is 327. The molecule has 0 bridgehead atoms. The van der Waals surface area contributed by atoms with Crippen LogP contribution in [0, 0.1) is 0 Å². The Balaban J connectivity index is 2.69. The van der Waals surface area contributed by atoms with E-state index in [4.69, 9.17) is 10.5 Å². The van der Waals surface area contributed by atoms with Gasteiger partial charge >= 0.3 is 5.97 Å². The molecule has 1 aromatic rings. The van der Waals surface area contributed by atoms with E-state index in [-0.39, 0.29) is 6.10 Å². The van der Waals surface area contributed by atoms with Crippen molar-refractivity contribution in [3.05, 3.63) is 11.9 Å². The van der Waals surface area contributed by atoms with Crippen LogP contribution in [0.3, 0.4) is 0 Å². The fourth-order valence-corrected chi connectivity index (χ4v) is 1.41. The zero-order valence-corrected chi connectivity index (χ0v) is 9.36. The minimum Gasteiger partial charge on any atom is -0.458 e. The maximum Gasteiger partial charge on any atom is 0.359 e. The lowest BCUT2D eigenvalue weighted by atomic mass is 10.2. The van der Waals surface area contributed by atoms with E-state index in [2.05, 4.69) is 5.10 Å². The van der Waals surface area contributed by atoms with Crippen LogP contribution < -0.4 is 5.73 Å². The second-order valence-electron chi connectivity index (χ2n) is 3.58. The van der Waals surface area contributed by atoms with E-state index in [0.717, 1.165) is 12.8 Å². The topological polar surface area (TPSA) is 70.1 Å². The van der Waals surface area contributed by atoms with Crippen molar-refractivity contribution in [1.29, 1.82) is 0 Å². The Hall–Kier alpha value is -1.52. The quantitative estimate of drug-likeness (QED) is 0.763. The first-order valence-corrected chi connectivity index (χ1v) is 5.04. The summed E-state index contributed by atoms with van der Waals surface area (Å²) in [6, 6.07) is 0. The fraction of sp³-hybridized carbons (Fsp3) is 0.600. The van der Waals surface area contributed by atoms with Gasteiger partial charge < -0.3 is 10.5 Å². The Morgan fingerprint density at radius 1 is 1.73 bits per heavy atom. The molecule has 0 spiro atoms. The van der Waals surface area contributed by atoms with Gasteiger partial charge in [0.1, 0.15) is 0 Å². The average molecular weight is 211 g/mol. The molecule has 0 saturated heterocycles. The van der Waals surface area contributed by atoms with Crippen LogP contribution in [-0.4, -0.2) is 21.9 Å². The van der Waals surface area contributed by atoms with Crippen molar-refractivity contribution in [3.63, 3.8) is 0 Å². The summed E-state index contributed by atoms with van der Waals surface area (Å²) in [6.45, 7) is 3.91. The van der Waals surface area contributed by atoms with Crippen LogP contribution in [0.15, 0.2) is 6.20 Å². The van der Waals surface area contributed by atoms with Gasteiger partial charge in [-0.2, -0.15) is 5.10 Å². The zero-order chi connectivity index (χ0) is 11.4. The molecular weight excluding hydrogens is 194 g/mol. The lowest BCUT2D eigenvalue weighted by molar-refractivity contribution is 0.0312. The van der Waals surface area contributed by atoms with Gasteiger partial charge in [0.15, 0.2) is 5.69 Å². The van der Waals surface area contributed by atoms with E-state index in [0.29, 0.717) is 11.4 Å². The Kier molecular flexibility index (Phi) is 3.71. The van der Waals surface area contributed by atoms with E-state index in [1.807, 2.05) is 13.8 Å². The summed E-state index contributed by atoms with van der Waals surface area (Å²) in [4.78, 5) is 11.7. The van der Waals surface area contributed by atoms with Crippen molar-refractivity contribution in [1.82, 2.24) is 9.78 Å². The molecule has 84 valence electrons. The molecule has 5 nitrogen and oxygen atoms in total. The molecule has 1 aromatic heterocycles. The largest absolute Gasteiger partial charge is 0.458 e. The van der Waals surface area contributed by atoms with Crippen LogP contribution >= 0.6 is 0 Å². The number of aryl methyl sites for hydroxylation is 1. The third-order valence-corrected chi connectivity index (χ3v) is 2.16. The minimum absolute atomic E-state index is 0.0863. The van der Waals surface area contributed by atoms with Crippen molar-refractivity contribution in [2.75, 3.05) is 5.73 Å². The van der Waals surface area contributed by atoms with E-state index in [9.17, 15) is 4.79 Å². The lowest BCUT2D eigenvalue weighted by Gasteiger charge is -2.12. The molecule has 0 radical (unpaired) electrons. The van der Waals surface area contributed by atoms with Crippen molar-refractivity contribution in [2.24, 2.45) is 7.05 Å². The van der Waals surface area contributed by atoms with Gasteiger partial charge in [0, 0.05) is 7.05 Å². The Labute approximate surface area is 89.2 Å². The van der Waals surface area contributed by atoms with Crippen molar-refractivity contribution in [2.45, 2.75) is 32.8 Å².